The molecule has 0 unspecified atom stereocenters. The van der Waals surface area contributed by atoms with Crippen molar-refractivity contribution in [1.29, 1.82) is 0 Å². The van der Waals surface area contributed by atoms with Crippen molar-refractivity contribution < 1.29 is 4.79 Å². The van der Waals surface area contributed by atoms with Crippen LogP contribution in [0.15, 0.2) is 54.6 Å². The van der Waals surface area contributed by atoms with Gasteiger partial charge in [0.05, 0.1) is 0 Å². The number of amides is 1. The summed E-state index contributed by atoms with van der Waals surface area (Å²) in [6.45, 7) is 2.00. The molecule has 2 N–H and O–H groups in total. The lowest BCUT2D eigenvalue weighted by Crippen LogP contribution is -2.35. The molecule has 0 saturated heterocycles. The maximum Gasteiger partial charge on any atom is 0.248 e. The topological polar surface area (TPSA) is 46.3 Å². The minimum absolute atomic E-state index is 0.114. The summed E-state index contributed by atoms with van der Waals surface area (Å²) in [4.78, 5) is 14.0. The number of carbonyl (C=O) groups is 1. The van der Waals surface area contributed by atoms with Gasteiger partial charge in [0, 0.05) is 12.7 Å². The maximum absolute atomic E-state index is 12.4. The van der Waals surface area contributed by atoms with Crippen molar-refractivity contribution >= 4 is 11.6 Å². The maximum atomic E-state index is 12.4. The van der Waals surface area contributed by atoms with Gasteiger partial charge in [-0.3, -0.25) is 4.79 Å². The Labute approximate surface area is 113 Å². The Hall–Kier alpha value is -2.13. The first-order chi connectivity index (χ1) is 9.09. The summed E-state index contributed by atoms with van der Waals surface area (Å²) in [7, 11) is 1.75. The third-order valence-corrected chi connectivity index (χ3v) is 3.14. The summed E-state index contributed by atoms with van der Waals surface area (Å²) in [5, 5.41) is 0. The van der Waals surface area contributed by atoms with Gasteiger partial charge in [-0.05, 0) is 30.2 Å². The van der Waals surface area contributed by atoms with Crippen LogP contribution in [-0.4, -0.2) is 13.0 Å². The summed E-state index contributed by atoms with van der Waals surface area (Å²) < 4.78 is 0. The first-order valence-electron chi connectivity index (χ1n) is 6.24. The van der Waals surface area contributed by atoms with E-state index in [9.17, 15) is 4.79 Å². The zero-order valence-corrected chi connectivity index (χ0v) is 11.2. The van der Waals surface area contributed by atoms with E-state index in [1.54, 1.807) is 11.9 Å². The van der Waals surface area contributed by atoms with Gasteiger partial charge < -0.3 is 10.6 Å². The lowest BCUT2D eigenvalue weighted by atomic mass is 10.1. The molecule has 2 rings (SSSR count). The van der Waals surface area contributed by atoms with Gasteiger partial charge in [-0.1, -0.05) is 42.5 Å². The van der Waals surface area contributed by atoms with E-state index in [0.29, 0.717) is 0 Å². The highest BCUT2D eigenvalue weighted by molar-refractivity contribution is 5.97. The molecule has 0 radical (unpaired) electrons. The van der Waals surface area contributed by atoms with E-state index in [1.165, 1.54) is 0 Å². The average molecular weight is 254 g/mol. The summed E-state index contributed by atoms with van der Waals surface area (Å²) in [6.07, 6.45) is 0. The van der Waals surface area contributed by atoms with E-state index in [4.69, 9.17) is 5.73 Å². The van der Waals surface area contributed by atoms with Crippen LogP contribution in [0.3, 0.4) is 0 Å². The Morgan fingerprint density at radius 1 is 1.11 bits per heavy atom. The van der Waals surface area contributed by atoms with Crippen molar-refractivity contribution in [2.24, 2.45) is 5.73 Å². The minimum atomic E-state index is -0.633. The monoisotopic (exact) mass is 254 g/mol. The van der Waals surface area contributed by atoms with Gasteiger partial charge in [-0.15, -0.1) is 0 Å². The van der Waals surface area contributed by atoms with Crippen molar-refractivity contribution in [3.63, 3.8) is 0 Å². The molecule has 1 amide bonds. The molecule has 0 spiro atoms. The summed E-state index contributed by atoms with van der Waals surface area (Å²) in [6, 6.07) is 16.6. The lowest BCUT2D eigenvalue weighted by Gasteiger charge is -2.22. The van der Waals surface area contributed by atoms with Crippen molar-refractivity contribution in [2.45, 2.75) is 13.0 Å². The highest BCUT2D eigenvalue weighted by Crippen LogP contribution is 2.19. The predicted octanol–water partition coefficient (Wildman–Crippen LogP) is 2.66. The van der Waals surface area contributed by atoms with Crippen LogP contribution in [-0.2, 0) is 4.79 Å². The second-order valence-corrected chi connectivity index (χ2v) is 4.62. The lowest BCUT2D eigenvalue weighted by molar-refractivity contribution is -0.119. The van der Waals surface area contributed by atoms with Crippen LogP contribution >= 0.6 is 0 Å². The zero-order chi connectivity index (χ0) is 13.8. The quantitative estimate of drug-likeness (QED) is 0.915. The van der Waals surface area contributed by atoms with E-state index in [2.05, 4.69) is 0 Å². The number of hydrogen-bond acceptors (Lipinski definition) is 2. The van der Waals surface area contributed by atoms with Crippen molar-refractivity contribution in [1.82, 2.24) is 0 Å². The fourth-order valence-corrected chi connectivity index (χ4v) is 1.98. The predicted molar refractivity (Wildman–Crippen MR) is 78.0 cm³/mol. The number of benzene rings is 2. The molecule has 0 bridgehead atoms. The number of aryl methyl sites for hydroxylation is 1. The number of nitrogens with zero attached hydrogens (tertiary/aromatic N) is 1. The van der Waals surface area contributed by atoms with Crippen LogP contribution in [0, 0.1) is 6.92 Å². The molecule has 0 aliphatic carbocycles. The average Bonchev–Trinajstić information content (AvgIpc) is 2.46. The molecule has 3 heteroatoms. The Balaban J connectivity index is 2.20. The molecule has 0 saturated carbocycles. The van der Waals surface area contributed by atoms with Gasteiger partial charge in [0.15, 0.2) is 0 Å². The molecular formula is C16H18N2O. The summed E-state index contributed by atoms with van der Waals surface area (Å²) >= 11 is 0. The molecule has 3 nitrogen and oxygen atoms in total. The molecule has 0 fully saturated rings. The molecule has 0 aromatic heterocycles. The van der Waals surface area contributed by atoms with E-state index < -0.39 is 6.04 Å². The van der Waals surface area contributed by atoms with Gasteiger partial charge in [-0.2, -0.15) is 0 Å². The molecule has 98 valence electrons. The third kappa shape index (κ3) is 3.01. The third-order valence-electron chi connectivity index (χ3n) is 3.14. The molecule has 0 aliphatic rings. The van der Waals surface area contributed by atoms with Gasteiger partial charge in [-0.25, -0.2) is 0 Å². The van der Waals surface area contributed by atoms with Crippen LogP contribution in [0.4, 0.5) is 5.69 Å². The molecule has 0 heterocycles. The number of rotatable bonds is 3. The van der Waals surface area contributed by atoms with Crippen LogP contribution < -0.4 is 10.6 Å². The van der Waals surface area contributed by atoms with Gasteiger partial charge in [0.1, 0.15) is 6.04 Å². The van der Waals surface area contributed by atoms with E-state index in [1.807, 2.05) is 61.5 Å². The largest absolute Gasteiger partial charge is 0.316 e. The van der Waals surface area contributed by atoms with Gasteiger partial charge in [0.25, 0.3) is 0 Å². The second kappa shape index (κ2) is 5.67. The Kier molecular flexibility index (Phi) is 3.97. The first kappa shape index (κ1) is 13.3. The number of anilines is 1. The smallest absolute Gasteiger partial charge is 0.248 e. The first-order valence-corrected chi connectivity index (χ1v) is 6.24. The number of nitrogens with two attached hydrogens (primary N) is 1. The highest BCUT2D eigenvalue weighted by Gasteiger charge is 2.20. The SMILES string of the molecule is Cc1cccc(N(C)C(=O)[C@@H](N)c2ccccc2)c1. The fourth-order valence-electron chi connectivity index (χ4n) is 1.98. The van der Waals surface area contributed by atoms with Crippen molar-refractivity contribution in [3.8, 4) is 0 Å². The number of carbonyl (C=O) groups excluding carboxylic acids is 1. The van der Waals surface area contributed by atoms with E-state index >= 15 is 0 Å². The second-order valence-electron chi connectivity index (χ2n) is 4.62. The van der Waals surface area contributed by atoms with Gasteiger partial charge >= 0.3 is 0 Å². The van der Waals surface area contributed by atoms with Crippen molar-refractivity contribution in [2.75, 3.05) is 11.9 Å². The normalized spacial score (nSPS) is 11.9. The Morgan fingerprint density at radius 2 is 1.79 bits per heavy atom. The van der Waals surface area contributed by atoms with Crippen LogP contribution in [0.5, 0.6) is 0 Å². The highest BCUT2D eigenvalue weighted by atomic mass is 16.2. The standard InChI is InChI=1S/C16H18N2O/c1-12-7-6-10-14(11-12)18(2)16(19)15(17)13-8-4-3-5-9-13/h3-11,15H,17H2,1-2H3/t15-/m0/s1. The number of likely N-dealkylation sites (N-methyl/N-ethyl adjacent to an activating group) is 1. The van der Waals surface area contributed by atoms with Gasteiger partial charge in [0.2, 0.25) is 5.91 Å². The van der Waals surface area contributed by atoms with Crippen LogP contribution in [0.25, 0.3) is 0 Å². The Morgan fingerprint density at radius 3 is 2.42 bits per heavy atom. The molecule has 0 aliphatic heterocycles. The van der Waals surface area contributed by atoms with E-state index in [0.717, 1.165) is 16.8 Å². The van der Waals surface area contributed by atoms with Crippen LogP contribution in [0.2, 0.25) is 0 Å². The molecule has 2 aromatic rings. The Bertz CT molecular complexity index is 566. The molecule has 2 aromatic carbocycles. The number of hydrogen-bond donors (Lipinski definition) is 1. The minimum Gasteiger partial charge on any atom is -0.316 e. The molecule has 1 atom stereocenters. The summed E-state index contributed by atoms with van der Waals surface area (Å²) in [5.74, 6) is -0.114. The fraction of sp³-hybridized carbons (Fsp3) is 0.188. The van der Waals surface area contributed by atoms with E-state index in [-0.39, 0.29) is 5.91 Å². The molecular weight excluding hydrogens is 236 g/mol. The van der Waals surface area contributed by atoms with Crippen molar-refractivity contribution in [3.05, 3.63) is 65.7 Å². The van der Waals surface area contributed by atoms with Crippen LogP contribution in [0.1, 0.15) is 17.2 Å². The zero-order valence-electron chi connectivity index (χ0n) is 11.2. The summed E-state index contributed by atoms with van der Waals surface area (Å²) in [5.41, 5.74) is 8.82. The molecule has 19 heavy (non-hydrogen) atoms.